The summed E-state index contributed by atoms with van der Waals surface area (Å²) in [7, 11) is 0. The first kappa shape index (κ1) is 14.2. The molecule has 1 aromatic heterocycles. The van der Waals surface area contributed by atoms with Gasteiger partial charge in [0.05, 0.1) is 11.7 Å². The molecule has 106 valence electrons. The largest absolute Gasteiger partial charge is 0.508 e. The van der Waals surface area contributed by atoms with E-state index in [0.29, 0.717) is 6.54 Å². The number of phenols is 1. The van der Waals surface area contributed by atoms with Crippen LogP contribution in [-0.2, 0) is 6.54 Å². The molecular formula is C16H20N2O2. The Morgan fingerprint density at radius 1 is 1.30 bits per heavy atom. The quantitative estimate of drug-likeness (QED) is 0.899. The zero-order valence-corrected chi connectivity index (χ0v) is 12.1. The Morgan fingerprint density at radius 3 is 2.70 bits per heavy atom. The van der Waals surface area contributed by atoms with Gasteiger partial charge in [-0.25, -0.2) is 0 Å². The van der Waals surface area contributed by atoms with Gasteiger partial charge in [0, 0.05) is 24.4 Å². The smallest absolute Gasteiger partial charge is 0.250 e. The van der Waals surface area contributed by atoms with Gasteiger partial charge >= 0.3 is 0 Å². The molecule has 1 atom stereocenters. The van der Waals surface area contributed by atoms with Crippen LogP contribution in [0.5, 0.6) is 5.75 Å². The molecule has 0 bridgehead atoms. The van der Waals surface area contributed by atoms with Crippen LogP contribution in [0.15, 0.2) is 41.3 Å². The second kappa shape index (κ2) is 5.82. The van der Waals surface area contributed by atoms with Crippen LogP contribution in [0.4, 0.5) is 5.69 Å². The molecule has 2 aromatic rings. The van der Waals surface area contributed by atoms with Crippen molar-refractivity contribution in [2.75, 3.05) is 5.32 Å². The van der Waals surface area contributed by atoms with E-state index in [1.165, 1.54) is 0 Å². The average molecular weight is 272 g/mol. The van der Waals surface area contributed by atoms with Gasteiger partial charge in [0.15, 0.2) is 0 Å². The Morgan fingerprint density at radius 2 is 2.05 bits per heavy atom. The maximum Gasteiger partial charge on any atom is 0.250 e. The van der Waals surface area contributed by atoms with Crippen LogP contribution >= 0.6 is 0 Å². The number of nitrogens with one attached hydrogen (secondary N) is 1. The summed E-state index contributed by atoms with van der Waals surface area (Å²) in [5.41, 5.74) is 2.71. The third-order valence-electron chi connectivity index (χ3n) is 3.36. The highest BCUT2D eigenvalue weighted by molar-refractivity contribution is 5.46. The third-order valence-corrected chi connectivity index (χ3v) is 3.36. The first-order valence-corrected chi connectivity index (χ1v) is 6.77. The summed E-state index contributed by atoms with van der Waals surface area (Å²) in [5, 5.41) is 13.3. The molecule has 20 heavy (non-hydrogen) atoms. The van der Waals surface area contributed by atoms with Gasteiger partial charge in [-0.15, -0.1) is 0 Å². The minimum atomic E-state index is -0.0431. The molecule has 1 heterocycles. The van der Waals surface area contributed by atoms with Crippen molar-refractivity contribution in [3.63, 3.8) is 0 Å². The molecule has 1 unspecified atom stereocenters. The van der Waals surface area contributed by atoms with Gasteiger partial charge in [0.25, 0.3) is 5.56 Å². The topological polar surface area (TPSA) is 54.3 Å². The normalized spacial score (nSPS) is 12.2. The van der Waals surface area contributed by atoms with Crippen LogP contribution in [0.1, 0.15) is 31.0 Å². The van der Waals surface area contributed by atoms with E-state index >= 15 is 0 Å². The molecule has 1 aromatic carbocycles. The van der Waals surface area contributed by atoms with Gasteiger partial charge in [-0.1, -0.05) is 12.1 Å². The second-order valence-electron chi connectivity index (χ2n) is 4.97. The number of aromatic hydroxyl groups is 1. The van der Waals surface area contributed by atoms with Crippen molar-refractivity contribution in [2.24, 2.45) is 0 Å². The maximum absolute atomic E-state index is 11.5. The lowest BCUT2D eigenvalue weighted by Gasteiger charge is -2.18. The molecule has 0 aliphatic carbocycles. The van der Waals surface area contributed by atoms with Gasteiger partial charge in [-0.2, -0.15) is 0 Å². The van der Waals surface area contributed by atoms with E-state index in [9.17, 15) is 9.90 Å². The molecule has 4 heteroatoms. The molecule has 2 N–H and O–H groups in total. The number of hydrogen-bond acceptors (Lipinski definition) is 3. The maximum atomic E-state index is 11.5. The van der Waals surface area contributed by atoms with Gasteiger partial charge in [0.1, 0.15) is 5.75 Å². The minimum absolute atomic E-state index is 0.0103. The average Bonchev–Trinajstić information content (AvgIpc) is 2.40. The van der Waals surface area contributed by atoms with Crippen LogP contribution in [0.25, 0.3) is 0 Å². The molecule has 0 aliphatic heterocycles. The van der Waals surface area contributed by atoms with Crippen LogP contribution in [0, 0.1) is 6.92 Å². The van der Waals surface area contributed by atoms with Crippen molar-refractivity contribution in [2.45, 2.75) is 33.4 Å². The Bertz CT molecular complexity index is 662. The van der Waals surface area contributed by atoms with E-state index in [4.69, 9.17) is 0 Å². The summed E-state index contributed by atoms with van der Waals surface area (Å²) in [5.74, 6) is 0.286. The molecule has 0 spiro atoms. The molecule has 0 fully saturated rings. The lowest BCUT2D eigenvalue weighted by atomic mass is 10.0. The van der Waals surface area contributed by atoms with Gasteiger partial charge in [-0.3, -0.25) is 4.79 Å². The second-order valence-corrected chi connectivity index (χ2v) is 4.97. The molecule has 0 saturated heterocycles. The Labute approximate surface area is 118 Å². The standard InChI is InChI=1S/C16H20N2O2/c1-4-18-10-13(6-8-16(18)20)17-12(3)14-7-5-11(2)9-15(14)19/h5-10,12,17,19H,4H2,1-3H3. The van der Waals surface area contributed by atoms with Crippen LogP contribution in [-0.4, -0.2) is 9.67 Å². The Hall–Kier alpha value is -2.23. The molecular weight excluding hydrogens is 252 g/mol. The zero-order chi connectivity index (χ0) is 14.7. The van der Waals surface area contributed by atoms with E-state index in [1.807, 2.05) is 32.9 Å². The number of rotatable bonds is 4. The van der Waals surface area contributed by atoms with E-state index < -0.39 is 0 Å². The van der Waals surface area contributed by atoms with E-state index in [2.05, 4.69) is 5.32 Å². The minimum Gasteiger partial charge on any atom is -0.508 e. The molecule has 0 saturated carbocycles. The third kappa shape index (κ3) is 3.02. The first-order chi connectivity index (χ1) is 9.51. The summed E-state index contributed by atoms with van der Waals surface area (Å²) >= 11 is 0. The van der Waals surface area contributed by atoms with Crippen molar-refractivity contribution < 1.29 is 5.11 Å². The predicted molar refractivity (Wildman–Crippen MR) is 81.3 cm³/mol. The summed E-state index contributed by atoms with van der Waals surface area (Å²) < 4.78 is 1.64. The number of phenolic OH excluding ortho intramolecular Hbond substituents is 1. The molecule has 0 aliphatic rings. The van der Waals surface area contributed by atoms with Gasteiger partial charge < -0.3 is 15.0 Å². The van der Waals surface area contributed by atoms with E-state index in [0.717, 1.165) is 16.8 Å². The lowest BCUT2D eigenvalue weighted by Crippen LogP contribution is -2.18. The van der Waals surface area contributed by atoms with Crippen molar-refractivity contribution in [1.29, 1.82) is 0 Å². The summed E-state index contributed by atoms with van der Waals surface area (Å²) in [4.78, 5) is 11.5. The number of hydrogen-bond donors (Lipinski definition) is 2. The van der Waals surface area contributed by atoms with Crippen molar-refractivity contribution >= 4 is 5.69 Å². The number of anilines is 1. The van der Waals surface area contributed by atoms with Crippen molar-refractivity contribution in [3.05, 3.63) is 58.0 Å². The van der Waals surface area contributed by atoms with Crippen LogP contribution in [0.2, 0.25) is 0 Å². The fourth-order valence-electron chi connectivity index (χ4n) is 2.21. The number of benzene rings is 1. The van der Waals surface area contributed by atoms with E-state index in [-0.39, 0.29) is 17.4 Å². The van der Waals surface area contributed by atoms with Crippen LogP contribution < -0.4 is 10.9 Å². The fourth-order valence-corrected chi connectivity index (χ4v) is 2.21. The van der Waals surface area contributed by atoms with Gasteiger partial charge in [-0.05, 0) is 38.5 Å². The Kier molecular flexibility index (Phi) is 4.13. The van der Waals surface area contributed by atoms with Gasteiger partial charge in [0.2, 0.25) is 0 Å². The lowest BCUT2D eigenvalue weighted by molar-refractivity contribution is 0.465. The highest BCUT2D eigenvalue weighted by Crippen LogP contribution is 2.27. The van der Waals surface area contributed by atoms with Crippen molar-refractivity contribution in [3.8, 4) is 5.75 Å². The molecule has 2 rings (SSSR count). The monoisotopic (exact) mass is 272 g/mol. The summed E-state index contributed by atoms with van der Waals surface area (Å²) in [6, 6.07) is 8.90. The number of pyridine rings is 1. The summed E-state index contributed by atoms with van der Waals surface area (Å²) in [6.45, 7) is 6.49. The molecule has 0 radical (unpaired) electrons. The fraction of sp³-hybridized carbons (Fsp3) is 0.312. The molecule has 0 amide bonds. The summed E-state index contributed by atoms with van der Waals surface area (Å²) in [6.07, 6.45) is 1.80. The van der Waals surface area contributed by atoms with Crippen molar-refractivity contribution in [1.82, 2.24) is 4.57 Å². The Balaban J connectivity index is 2.23. The number of aryl methyl sites for hydroxylation is 2. The number of nitrogens with zero attached hydrogens (tertiary/aromatic N) is 1. The highest BCUT2D eigenvalue weighted by atomic mass is 16.3. The first-order valence-electron chi connectivity index (χ1n) is 6.77. The molecule has 4 nitrogen and oxygen atoms in total. The zero-order valence-electron chi connectivity index (χ0n) is 12.1. The highest BCUT2D eigenvalue weighted by Gasteiger charge is 2.10. The SMILES string of the molecule is CCn1cc(NC(C)c2ccc(C)cc2O)ccc1=O. The van der Waals surface area contributed by atoms with E-state index in [1.54, 1.807) is 29.0 Å². The van der Waals surface area contributed by atoms with Crippen LogP contribution in [0.3, 0.4) is 0 Å². The number of aromatic nitrogens is 1. The predicted octanol–water partition coefficient (Wildman–Crippen LogP) is 3.06.